The van der Waals surface area contributed by atoms with Gasteiger partial charge < -0.3 is 18.9 Å². The summed E-state index contributed by atoms with van der Waals surface area (Å²) in [6.45, 7) is 0. The van der Waals surface area contributed by atoms with Crippen LogP contribution in [0.15, 0.2) is 54.9 Å². The minimum absolute atomic E-state index is 0.243. The van der Waals surface area contributed by atoms with Gasteiger partial charge in [-0.15, -0.1) is 0 Å². The smallest absolute Gasteiger partial charge is 0.313 e. The van der Waals surface area contributed by atoms with Gasteiger partial charge in [-0.2, -0.15) is 0 Å². The fourth-order valence-corrected chi connectivity index (χ4v) is 4.25. The van der Waals surface area contributed by atoms with Gasteiger partial charge in [-0.1, -0.05) is 30.3 Å². The molecule has 0 N–H and O–H groups in total. The molecule has 0 saturated carbocycles. The molecular weight excluding hydrogens is 360 g/mol. The highest BCUT2D eigenvalue weighted by Gasteiger charge is 2.59. The van der Waals surface area contributed by atoms with Gasteiger partial charge >= 0.3 is 11.9 Å². The lowest BCUT2D eigenvalue weighted by Gasteiger charge is -2.34. The lowest BCUT2D eigenvalue weighted by atomic mass is 9.85. The lowest BCUT2D eigenvalue weighted by Crippen LogP contribution is -2.42. The Bertz CT molecular complexity index is 949. The van der Waals surface area contributed by atoms with Gasteiger partial charge in [-0.3, -0.25) is 14.4 Å². The van der Waals surface area contributed by atoms with Crippen LogP contribution in [0.25, 0.3) is 6.08 Å². The number of aromatic nitrogens is 1. The average molecular weight is 380 g/mol. The van der Waals surface area contributed by atoms with Gasteiger partial charge in [0.15, 0.2) is 5.78 Å². The molecule has 2 aliphatic rings. The third kappa shape index (κ3) is 2.62. The summed E-state index contributed by atoms with van der Waals surface area (Å²) in [5, 5.41) is 0. The third-order valence-corrected chi connectivity index (χ3v) is 5.46. The zero-order chi connectivity index (χ0) is 19.8. The van der Waals surface area contributed by atoms with E-state index in [1.165, 1.54) is 14.2 Å². The van der Waals surface area contributed by atoms with E-state index in [0.717, 1.165) is 5.69 Å². The molecule has 0 radical (unpaired) electrons. The van der Waals surface area contributed by atoms with Crippen molar-refractivity contribution >= 4 is 23.8 Å². The van der Waals surface area contributed by atoms with Crippen LogP contribution in [0.1, 0.15) is 22.2 Å². The molecule has 28 heavy (non-hydrogen) atoms. The van der Waals surface area contributed by atoms with E-state index < -0.39 is 36.0 Å². The van der Waals surface area contributed by atoms with E-state index in [-0.39, 0.29) is 5.78 Å². The molecule has 0 unspecified atom stereocenters. The monoisotopic (exact) mass is 380 g/mol. The van der Waals surface area contributed by atoms with Crippen LogP contribution in [0.3, 0.4) is 0 Å². The Balaban J connectivity index is 1.87. The predicted molar refractivity (Wildman–Crippen MR) is 99.9 cm³/mol. The molecule has 0 amide bonds. The van der Waals surface area contributed by atoms with E-state index in [1.54, 1.807) is 35.4 Å². The first-order valence-electron chi connectivity index (χ1n) is 8.96. The van der Waals surface area contributed by atoms with E-state index in [1.807, 2.05) is 35.0 Å². The van der Waals surface area contributed by atoms with Crippen LogP contribution in [-0.2, 0) is 19.1 Å². The SMILES string of the molecule is COC(=O)[C@H]1[C@H](C(=O)OC)[C@@H]2N(C=Cc3cccn32)[C@@H]1C(=O)c1ccccc1. The van der Waals surface area contributed by atoms with Crippen molar-refractivity contribution in [3.63, 3.8) is 0 Å². The molecule has 0 bridgehead atoms. The highest BCUT2D eigenvalue weighted by Crippen LogP contribution is 2.47. The Morgan fingerprint density at radius 2 is 1.57 bits per heavy atom. The first-order chi connectivity index (χ1) is 13.6. The van der Waals surface area contributed by atoms with Crippen LogP contribution in [0.4, 0.5) is 0 Å². The van der Waals surface area contributed by atoms with E-state index in [0.29, 0.717) is 5.56 Å². The predicted octanol–water partition coefficient (Wildman–Crippen LogP) is 2.12. The fraction of sp³-hybridized carbons (Fsp3) is 0.286. The number of nitrogens with zero attached hydrogens (tertiary/aromatic N) is 2. The summed E-state index contributed by atoms with van der Waals surface area (Å²) in [5.41, 5.74) is 1.35. The van der Waals surface area contributed by atoms with Crippen molar-refractivity contribution in [1.29, 1.82) is 0 Å². The molecule has 1 saturated heterocycles. The maximum atomic E-state index is 13.4. The van der Waals surface area contributed by atoms with Gasteiger partial charge in [0.1, 0.15) is 24.0 Å². The Hall–Kier alpha value is -3.35. The molecule has 1 fully saturated rings. The van der Waals surface area contributed by atoms with Crippen molar-refractivity contribution in [2.24, 2.45) is 11.8 Å². The van der Waals surface area contributed by atoms with Crippen molar-refractivity contribution < 1.29 is 23.9 Å². The number of ether oxygens (including phenoxy) is 2. The van der Waals surface area contributed by atoms with E-state index in [9.17, 15) is 14.4 Å². The molecule has 2 aromatic rings. The van der Waals surface area contributed by atoms with Crippen LogP contribution in [-0.4, -0.2) is 47.5 Å². The summed E-state index contributed by atoms with van der Waals surface area (Å²) in [6.07, 6.45) is 4.90. The summed E-state index contributed by atoms with van der Waals surface area (Å²) >= 11 is 0. The molecule has 7 heteroatoms. The van der Waals surface area contributed by atoms with Crippen molar-refractivity contribution in [2.75, 3.05) is 14.2 Å². The minimum Gasteiger partial charge on any atom is -0.469 e. The number of hydrogen-bond acceptors (Lipinski definition) is 6. The Kier molecular flexibility index (Phi) is 4.50. The minimum atomic E-state index is -0.992. The first-order valence-corrected chi connectivity index (χ1v) is 8.96. The second-order valence-electron chi connectivity index (χ2n) is 6.79. The van der Waals surface area contributed by atoms with Crippen LogP contribution < -0.4 is 0 Å². The average Bonchev–Trinajstić information content (AvgIpc) is 3.34. The van der Waals surface area contributed by atoms with Crippen molar-refractivity contribution in [1.82, 2.24) is 9.47 Å². The maximum absolute atomic E-state index is 13.4. The normalized spacial score (nSPS) is 25.0. The van der Waals surface area contributed by atoms with Gasteiger partial charge in [0.25, 0.3) is 0 Å². The Morgan fingerprint density at radius 3 is 2.25 bits per heavy atom. The second kappa shape index (κ2) is 6.99. The topological polar surface area (TPSA) is 77.8 Å². The Morgan fingerprint density at radius 1 is 0.893 bits per heavy atom. The second-order valence-corrected chi connectivity index (χ2v) is 6.79. The molecule has 144 valence electrons. The quantitative estimate of drug-likeness (QED) is 0.597. The number of methoxy groups -OCH3 is 2. The molecule has 1 aromatic carbocycles. The van der Waals surface area contributed by atoms with E-state index in [4.69, 9.17) is 9.47 Å². The van der Waals surface area contributed by atoms with Gasteiger partial charge in [-0.05, 0) is 18.2 Å². The third-order valence-electron chi connectivity index (χ3n) is 5.46. The number of hydrogen-bond donors (Lipinski definition) is 0. The largest absolute Gasteiger partial charge is 0.469 e. The van der Waals surface area contributed by atoms with Crippen molar-refractivity contribution in [3.8, 4) is 0 Å². The number of esters is 2. The zero-order valence-corrected chi connectivity index (χ0v) is 15.5. The molecule has 4 rings (SSSR count). The fourth-order valence-electron chi connectivity index (χ4n) is 4.25. The number of rotatable bonds is 4. The summed E-state index contributed by atoms with van der Waals surface area (Å²) in [6, 6.07) is 11.6. The standard InChI is InChI=1S/C21H20N2O5/c1-27-20(25)15-16(21(26)28-2)19-22-11-6-9-14(22)10-12-23(19)17(15)18(24)13-7-4-3-5-8-13/h3-12,15-17,19H,1-2H3/t15-,16-,17-,19-/m0/s1. The molecule has 0 aliphatic carbocycles. The molecule has 7 nitrogen and oxygen atoms in total. The first kappa shape index (κ1) is 18.0. The number of fused-ring (bicyclic) bond motifs is 3. The van der Waals surface area contributed by atoms with Gasteiger partial charge in [0.2, 0.25) is 0 Å². The zero-order valence-electron chi connectivity index (χ0n) is 15.5. The number of benzene rings is 1. The lowest BCUT2D eigenvalue weighted by molar-refractivity contribution is -0.157. The number of carbonyl (C=O) groups excluding carboxylic acids is 3. The Labute approximate surface area is 162 Å². The van der Waals surface area contributed by atoms with Gasteiger partial charge in [0.05, 0.1) is 14.2 Å². The van der Waals surface area contributed by atoms with Crippen molar-refractivity contribution in [3.05, 3.63) is 66.1 Å². The van der Waals surface area contributed by atoms with Gasteiger partial charge in [0, 0.05) is 23.7 Å². The summed E-state index contributed by atoms with van der Waals surface area (Å²) < 4.78 is 11.9. The maximum Gasteiger partial charge on any atom is 0.313 e. The van der Waals surface area contributed by atoms with Crippen LogP contribution >= 0.6 is 0 Å². The molecule has 2 aliphatic heterocycles. The van der Waals surface area contributed by atoms with Crippen LogP contribution in [0, 0.1) is 11.8 Å². The highest BCUT2D eigenvalue weighted by atomic mass is 16.5. The summed E-state index contributed by atoms with van der Waals surface area (Å²) in [7, 11) is 2.54. The molecule has 1 aromatic heterocycles. The number of carbonyl (C=O) groups is 3. The van der Waals surface area contributed by atoms with Crippen LogP contribution in [0.2, 0.25) is 0 Å². The van der Waals surface area contributed by atoms with Crippen LogP contribution in [0.5, 0.6) is 0 Å². The van der Waals surface area contributed by atoms with E-state index in [2.05, 4.69) is 0 Å². The number of ketones is 1. The number of Topliss-reactive ketones (excluding diaryl/α,β-unsaturated/α-hetero) is 1. The molecular formula is C21H20N2O5. The van der Waals surface area contributed by atoms with E-state index >= 15 is 0 Å². The highest BCUT2D eigenvalue weighted by molar-refractivity contribution is 6.04. The molecule has 4 atom stereocenters. The summed E-state index contributed by atoms with van der Waals surface area (Å²) in [5.74, 6) is -3.28. The molecule has 3 heterocycles. The molecule has 0 spiro atoms. The van der Waals surface area contributed by atoms with Gasteiger partial charge in [-0.25, -0.2) is 0 Å². The summed E-state index contributed by atoms with van der Waals surface area (Å²) in [4.78, 5) is 40.6. The van der Waals surface area contributed by atoms with Crippen molar-refractivity contribution in [2.45, 2.75) is 12.2 Å².